The van der Waals surface area contributed by atoms with Gasteiger partial charge in [0, 0.05) is 12.2 Å². The van der Waals surface area contributed by atoms with Crippen LogP contribution in [0.15, 0.2) is 54.9 Å². The van der Waals surface area contributed by atoms with Crippen LogP contribution in [-0.2, 0) is 13.0 Å². The first kappa shape index (κ1) is 12.7. The molecule has 1 heterocycles. The molecule has 0 aliphatic heterocycles. The van der Waals surface area contributed by atoms with Gasteiger partial charge in [-0.3, -0.25) is 0 Å². The van der Waals surface area contributed by atoms with E-state index in [1.165, 1.54) is 12.0 Å². The summed E-state index contributed by atoms with van der Waals surface area (Å²) < 4.78 is 2.19. The van der Waals surface area contributed by atoms with Crippen LogP contribution in [0.25, 0.3) is 11.0 Å². The van der Waals surface area contributed by atoms with Crippen molar-refractivity contribution in [1.29, 1.82) is 0 Å². The number of nitrogen functional groups attached to an aromatic ring is 1. The number of unbranched alkanes of at least 4 members (excludes halogenated alkanes) is 1. The first-order valence-corrected chi connectivity index (χ1v) is 7.07. The van der Waals surface area contributed by atoms with E-state index in [0.29, 0.717) is 0 Å². The van der Waals surface area contributed by atoms with E-state index in [-0.39, 0.29) is 0 Å². The van der Waals surface area contributed by atoms with Gasteiger partial charge < -0.3 is 10.3 Å². The van der Waals surface area contributed by atoms with Crippen molar-refractivity contribution in [1.82, 2.24) is 9.55 Å². The number of aromatic nitrogens is 2. The highest BCUT2D eigenvalue weighted by atomic mass is 15.0. The van der Waals surface area contributed by atoms with Crippen molar-refractivity contribution in [2.24, 2.45) is 0 Å². The summed E-state index contributed by atoms with van der Waals surface area (Å²) in [6.45, 7) is 0.993. The van der Waals surface area contributed by atoms with Gasteiger partial charge >= 0.3 is 0 Å². The Balaban J connectivity index is 1.59. The number of hydrogen-bond donors (Lipinski definition) is 1. The Labute approximate surface area is 119 Å². The summed E-state index contributed by atoms with van der Waals surface area (Å²) in [5, 5.41) is 0. The number of aryl methyl sites for hydroxylation is 2. The molecule has 0 saturated heterocycles. The van der Waals surface area contributed by atoms with Crippen LogP contribution in [0.3, 0.4) is 0 Å². The maximum atomic E-state index is 5.84. The number of hydrogen-bond acceptors (Lipinski definition) is 2. The van der Waals surface area contributed by atoms with Crippen molar-refractivity contribution in [3.05, 3.63) is 60.4 Å². The van der Waals surface area contributed by atoms with Crippen molar-refractivity contribution < 1.29 is 0 Å². The molecule has 0 saturated carbocycles. The lowest BCUT2D eigenvalue weighted by atomic mass is 10.1. The van der Waals surface area contributed by atoms with Gasteiger partial charge in [0.1, 0.15) is 0 Å². The summed E-state index contributed by atoms with van der Waals surface area (Å²) in [6.07, 6.45) is 5.38. The highest BCUT2D eigenvalue weighted by molar-refractivity contribution is 5.78. The van der Waals surface area contributed by atoms with Crippen LogP contribution >= 0.6 is 0 Å². The standard InChI is InChI=1S/C17H19N3/c18-15-9-10-16-17(12-15)20(13-19-16)11-5-4-8-14-6-2-1-3-7-14/h1-3,6-7,9-10,12-13H,4-5,8,11,18H2. The molecule has 0 fully saturated rings. The van der Waals surface area contributed by atoms with Gasteiger partial charge in [-0.05, 0) is 43.0 Å². The normalized spacial score (nSPS) is 11.0. The van der Waals surface area contributed by atoms with Crippen molar-refractivity contribution in [3.63, 3.8) is 0 Å². The van der Waals surface area contributed by atoms with Crippen LogP contribution in [0.4, 0.5) is 5.69 Å². The number of fused-ring (bicyclic) bond motifs is 1. The Morgan fingerprint density at radius 2 is 1.85 bits per heavy atom. The molecule has 0 radical (unpaired) electrons. The van der Waals surface area contributed by atoms with Gasteiger partial charge in [-0.2, -0.15) is 0 Å². The Morgan fingerprint density at radius 1 is 1.00 bits per heavy atom. The van der Waals surface area contributed by atoms with Crippen LogP contribution in [0.5, 0.6) is 0 Å². The molecule has 102 valence electrons. The Bertz CT molecular complexity index is 686. The molecule has 3 heteroatoms. The van der Waals surface area contributed by atoms with E-state index in [2.05, 4.69) is 39.9 Å². The first-order chi connectivity index (χ1) is 9.83. The third-order valence-corrected chi connectivity index (χ3v) is 3.60. The predicted molar refractivity (Wildman–Crippen MR) is 83.5 cm³/mol. The van der Waals surface area contributed by atoms with E-state index in [0.717, 1.165) is 36.1 Å². The van der Waals surface area contributed by atoms with Crippen molar-refractivity contribution >= 4 is 16.7 Å². The Morgan fingerprint density at radius 3 is 2.70 bits per heavy atom. The monoisotopic (exact) mass is 265 g/mol. The van der Waals surface area contributed by atoms with Crippen LogP contribution < -0.4 is 5.73 Å². The van der Waals surface area contributed by atoms with Gasteiger partial charge in [-0.15, -0.1) is 0 Å². The van der Waals surface area contributed by atoms with Crippen LogP contribution in [0.1, 0.15) is 18.4 Å². The van der Waals surface area contributed by atoms with E-state index in [1.54, 1.807) is 0 Å². The SMILES string of the molecule is Nc1ccc2ncn(CCCCc3ccccc3)c2c1. The molecule has 0 bridgehead atoms. The third-order valence-electron chi connectivity index (χ3n) is 3.60. The summed E-state index contributed by atoms with van der Waals surface area (Å²) in [4.78, 5) is 4.40. The molecule has 0 aliphatic carbocycles. The number of nitrogens with two attached hydrogens (primary N) is 1. The molecular weight excluding hydrogens is 246 g/mol. The van der Waals surface area contributed by atoms with E-state index in [9.17, 15) is 0 Å². The van der Waals surface area contributed by atoms with Gasteiger partial charge in [0.2, 0.25) is 0 Å². The quantitative estimate of drug-likeness (QED) is 0.565. The van der Waals surface area contributed by atoms with Gasteiger partial charge in [-0.1, -0.05) is 30.3 Å². The lowest BCUT2D eigenvalue weighted by Gasteiger charge is -2.05. The van der Waals surface area contributed by atoms with Crippen molar-refractivity contribution in [2.75, 3.05) is 5.73 Å². The maximum absolute atomic E-state index is 5.84. The minimum Gasteiger partial charge on any atom is -0.399 e. The Kier molecular flexibility index (Phi) is 3.68. The van der Waals surface area contributed by atoms with E-state index >= 15 is 0 Å². The molecule has 2 aromatic carbocycles. The minimum absolute atomic E-state index is 0.795. The van der Waals surface area contributed by atoms with Gasteiger partial charge in [-0.25, -0.2) is 4.98 Å². The number of benzene rings is 2. The largest absolute Gasteiger partial charge is 0.399 e. The van der Waals surface area contributed by atoms with Crippen LogP contribution in [0.2, 0.25) is 0 Å². The second kappa shape index (κ2) is 5.78. The number of imidazole rings is 1. The van der Waals surface area contributed by atoms with Crippen LogP contribution in [0, 0.1) is 0 Å². The number of nitrogens with zero attached hydrogens (tertiary/aromatic N) is 2. The molecule has 3 rings (SSSR count). The van der Waals surface area contributed by atoms with E-state index in [4.69, 9.17) is 5.73 Å². The molecule has 2 N–H and O–H groups in total. The predicted octanol–water partition coefficient (Wildman–Crippen LogP) is 3.64. The topological polar surface area (TPSA) is 43.8 Å². The van der Waals surface area contributed by atoms with Gasteiger partial charge in [0.15, 0.2) is 0 Å². The highest BCUT2D eigenvalue weighted by Crippen LogP contribution is 2.17. The third kappa shape index (κ3) is 2.82. The van der Waals surface area contributed by atoms with Crippen molar-refractivity contribution in [3.8, 4) is 0 Å². The summed E-state index contributed by atoms with van der Waals surface area (Å²) in [6, 6.07) is 16.5. The molecule has 0 atom stereocenters. The second-order valence-electron chi connectivity index (χ2n) is 5.13. The lowest BCUT2D eigenvalue weighted by molar-refractivity contribution is 0.621. The number of rotatable bonds is 5. The lowest BCUT2D eigenvalue weighted by Crippen LogP contribution is -1.97. The van der Waals surface area contributed by atoms with Crippen molar-refractivity contribution in [2.45, 2.75) is 25.8 Å². The Hall–Kier alpha value is -2.29. The van der Waals surface area contributed by atoms with E-state index < -0.39 is 0 Å². The summed E-state index contributed by atoms with van der Waals surface area (Å²) >= 11 is 0. The molecule has 0 spiro atoms. The zero-order valence-electron chi connectivity index (χ0n) is 11.5. The first-order valence-electron chi connectivity index (χ1n) is 7.07. The fourth-order valence-corrected chi connectivity index (χ4v) is 2.51. The van der Waals surface area contributed by atoms with Crippen LogP contribution in [-0.4, -0.2) is 9.55 Å². The zero-order valence-corrected chi connectivity index (χ0v) is 11.5. The smallest absolute Gasteiger partial charge is 0.0958 e. The fraction of sp³-hybridized carbons (Fsp3) is 0.235. The molecule has 0 amide bonds. The van der Waals surface area contributed by atoms with Gasteiger partial charge in [0.25, 0.3) is 0 Å². The summed E-state index contributed by atoms with van der Waals surface area (Å²) in [5.41, 5.74) is 10.2. The molecular formula is C17H19N3. The highest BCUT2D eigenvalue weighted by Gasteiger charge is 2.02. The summed E-state index contributed by atoms with van der Waals surface area (Å²) in [5.74, 6) is 0. The molecule has 3 aromatic rings. The molecule has 1 aromatic heterocycles. The van der Waals surface area contributed by atoms with E-state index in [1.807, 2.05) is 24.5 Å². The zero-order chi connectivity index (χ0) is 13.8. The average Bonchev–Trinajstić information content (AvgIpc) is 2.87. The second-order valence-corrected chi connectivity index (χ2v) is 5.13. The molecule has 0 unspecified atom stereocenters. The fourth-order valence-electron chi connectivity index (χ4n) is 2.51. The molecule has 20 heavy (non-hydrogen) atoms. The minimum atomic E-state index is 0.795. The maximum Gasteiger partial charge on any atom is 0.0958 e. The molecule has 3 nitrogen and oxygen atoms in total. The average molecular weight is 265 g/mol. The number of anilines is 1. The summed E-state index contributed by atoms with van der Waals surface area (Å²) in [7, 11) is 0. The molecule has 0 aliphatic rings. The van der Waals surface area contributed by atoms with Gasteiger partial charge in [0.05, 0.1) is 17.4 Å².